The van der Waals surface area contributed by atoms with Crippen molar-refractivity contribution in [1.82, 2.24) is 15.0 Å². The van der Waals surface area contributed by atoms with Crippen molar-refractivity contribution in [3.8, 4) is 6.07 Å². The van der Waals surface area contributed by atoms with Crippen LogP contribution in [0.15, 0.2) is 10.7 Å². The fraction of sp³-hybridized carbons (Fsp3) is 0.300. The molecule has 0 bridgehead atoms. The SMILES string of the molecule is N#CCc1nc2c(Br)cnc(CCCl)c2[nH]1. The average Bonchev–Trinajstić information content (AvgIpc) is 2.68. The lowest BCUT2D eigenvalue weighted by Gasteiger charge is -1.99. The Bertz CT molecular complexity index is 558. The van der Waals surface area contributed by atoms with E-state index in [9.17, 15) is 0 Å². The summed E-state index contributed by atoms with van der Waals surface area (Å²) >= 11 is 9.09. The second-order valence-electron chi connectivity index (χ2n) is 3.23. The molecule has 0 aromatic carbocycles. The Balaban J connectivity index is 2.59. The van der Waals surface area contributed by atoms with Gasteiger partial charge in [0.05, 0.1) is 28.2 Å². The van der Waals surface area contributed by atoms with E-state index in [1.165, 1.54) is 0 Å². The molecule has 0 atom stereocenters. The molecule has 2 rings (SSSR count). The molecule has 16 heavy (non-hydrogen) atoms. The van der Waals surface area contributed by atoms with Crippen LogP contribution in [0.1, 0.15) is 11.5 Å². The van der Waals surface area contributed by atoms with Crippen molar-refractivity contribution in [2.75, 3.05) is 5.88 Å². The van der Waals surface area contributed by atoms with Crippen molar-refractivity contribution >= 4 is 38.6 Å². The van der Waals surface area contributed by atoms with Gasteiger partial charge in [0.15, 0.2) is 0 Å². The maximum atomic E-state index is 8.63. The topological polar surface area (TPSA) is 65.4 Å². The van der Waals surface area contributed by atoms with Gasteiger partial charge in [0.1, 0.15) is 11.3 Å². The number of hydrogen-bond donors (Lipinski definition) is 1. The highest BCUT2D eigenvalue weighted by molar-refractivity contribution is 9.10. The van der Waals surface area contributed by atoms with E-state index in [1.807, 2.05) is 0 Å². The minimum Gasteiger partial charge on any atom is -0.340 e. The molecular weight excluding hydrogens is 291 g/mol. The Morgan fingerprint density at radius 3 is 3.06 bits per heavy atom. The highest BCUT2D eigenvalue weighted by Gasteiger charge is 2.11. The Labute approximate surface area is 106 Å². The van der Waals surface area contributed by atoms with Crippen LogP contribution >= 0.6 is 27.5 Å². The number of imidazole rings is 1. The van der Waals surface area contributed by atoms with Crippen molar-refractivity contribution < 1.29 is 0 Å². The largest absolute Gasteiger partial charge is 0.340 e. The summed E-state index contributed by atoms with van der Waals surface area (Å²) in [6.45, 7) is 0. The van der Waals surface area contributed by atoms with E-state index in [0.29, 0.717) is 18.1 Å². The normalized spacial score (nSPS) is 10.6. The molecule has 1 N–H and O–H groups in total. The first-order valence-electron chi connectivity index (χ1n) is 4.71. The van der Waals surface area contributed by atoms with Crippen molar-refractivity contribution in [3.63, 3.8) is 0 Å². The number of aryl methyl sites for hydroxylation is 1. The van der Waals surface area contributed by atoms with Crippen LogP contribution < -0.4 is 0 Å². The predicted molar refractivity (Wildman–Crippen MR) is 65.3 cm³/mol. The fourth-order valence-electron chi connectivity index (χ4n) is 1.50. The monoisotopic (exact) mass is 298 g/mol. The van der Waals surface area contributed by atoms with Gasteiger partial charge in [-0.1, -0.05) is 0 Å². The zero-order chi connectivity index (χ0) is 11.5. The van der Waals surface area contributed by atoms with Crippen LogP contribution in [0.5, 0.6) is 0 Å². The van der Waals surface area contributed by atoms with Gasteiger partial charge < -0.3 is 4.98 Å². The Hall–Kier alpha value is -1.12. The summed E-state index contributed by atoms with van der Waals surface area (Å²) in [5, 5.41) is 8.63. The molecule has 0 radical (unpaired) electrons. The molecule has 2 heterocycles. The molecule has 82 valence electrons. The fourth-order valence-corrected chi connectivity index (χ4v) is 2.07. The lowest BCUT2D eigenvalue weighted by molar-refractivity contribution is 1.04. The van der Waals surface area contributed by atoms with Gasteiger partial charge in [-0.25, -0.2) is 4.98 Å². The van der Waals surface area contributed by atoms with Crippen LogP contribution in [0.3, 0.4) is 0 Å². The standard InChI is InChI=1S/C10H8BrClN4/c11-6-5-14-7(1-3-12)10-9(6)15-8(16-10)2-4-13/h5H,1-3H2,(H,15,16). The lowest BCUT2D eigenvalue weighted by atomic mass is 10.2. The molecule has 0 unspecified atom stereocenters. The summed E-state index contributed by atoms with van der Waals surface area (Å²) in [7, 11) is 0. The first-order chi connectivity index (χ1) is 7.76. The van der Waals surface area contributed by atoms with E-state index in [1.54, 1.807) is 6.20 Å². The Kier molecular flexibility index (Phi) is 3.42. The third-order valence-electron chi connectivity index (χ3n) is 2.18. The summed E-state index contributed by atoms with van der Waals surface area (Å²) in [5.74, 6) is 1.16. The molecule has 4 nitrogen and oxygen atoms in total. The maximum Gasteiger partial charge on any atom is 0.121 e. The number of aromatic amines is 1. The molecular formula is C10H8BrClN4. The first kappa shape index (κ1) is 11.4. The average molecular weight is 300 g/mol. The van der Waals surface area contributed by atoms with E-state index < -0.39 is 0 Å². The third kappa shape index (κ3) is 2.04. The van der Waals surface area contributed by atoms with E-state index in [0.717, 1.165) is 21.2 Å². The van der Waals surface area contributed by atoms with Crippen LogP contribution in [0, 0.1) is 11.3 Å². The first-order valence-corrected chi connectivity index (χ1v) is 6.04. The molecule has 2 aromatic rings. The Morgan fingerprint density at radius 1 is 1.56 bits per heavy atom. The number of hydrogen-bond acceptors (Lipinski definition) is 3. The minimum atomic E-state index is 0.265. The van der Waals surface area contributed by atoms with Gasteiger partial charge >= 0.3 is 0 Å². The van der Waals surface area contributed by atoms with Crippen molar-refractivity contribution in [1.29, 1.82) is 5.26 Å². The van der Waals surface area contributed by atoms with Crippen LogP contribution in [0.4, 0.5) is 0 Å². The summed E-state index contributed by atoms with van der Waals surface area (Å²) in [4.78, 5) is 11.7. The molecule has 0 amide bonds. The molecule has 0 aliphatic heterocycles. The zero-order valence-corrected chi connectivity index (χ0v) is 10.6. The number of fused-ring (bicyclic) bond motifs is 1. The van der Waals surface area contributed by atoms with Crippen molar-refractivity contribution in [2.24, 2.45) is 0 Å². The van der Waals surface area contributed by atoms with E-state index >= 15 is 0 Å². The molecule has 0 aliphatic carbocycles. The third-order valence-corrected chi connectivity index (χ3v) is 2.95. The number of nitriles is 1. The zero-order valence-electron chi connectivity index (χ0n) is 8.30. The number of pyridine rings is 1. The number of H-pyrrole nitrogens is 1. The number of halogens is 2. The van der Waals surface area contributed by atoms with Gasteiger partial charge in [0, 0.05) is 18.5 Å². The molecule has 0 fully saturated rings. The molecule has 6 heteroatoms. The highest BCUT2D eigenvalue weighted by Crippen LogP contribution is 2.23. The number of rotatable bonds is 3. The van der Waals surface area contributed by atoms with Gasteiger partial charge in [-0.2, -0.15) is 5.26 Å². The van der Waals surface area contributed by atoms with Crippen LogP contribution in [-0.2, 0) is 12.8 Å². The number of nitrogens with zero attached hydrogens (tertiary/aromatic N) is 3. The maximum absolute atomic E-state index is 8.63. The quantitative estimate of drug-likeness (QED) is 0.886. The van der Waals surface area contributed by atoms with Gasteiger partial charge in [-0.05, 0) is 15.9 Å². The summed E-state index contributed by atoms with van der Waals surface area (Å²) < 4.78 is 0.821. The second-order valence-corrected chi connectivity index (χ2v) is 4.47. The minimum absolute atomic E-state index is 0.265. The van der Waals surface area contributed by atoms with Crippen molar-refractivity contribution in [3.05, 3.63) is 22.2 Å². The molecule has 0 saturated heterocycles. The van der Waals surface area contributed by atoms with Gasteiger partial charge in [-0.15, -0.1) is 11.6 Å². The van der Waals surface area contributed by atoms with Crippen LogP contribution in [0.2, 0.25) is 0 Å². The van der Waals surface area contributed by atoms with Crippen LogP contribution in [0.25, 0.3) is 11.0 Å². The molecule has 0 aliphatic rings. The van der Waals surface area contributed by atoms with Gasteiger partial charge in [0.2, 0.25) is 0 Å². The summed E-state index contributed by atoms with van der Waals surface area (Å²) in [6, 6.07) is 2.06. The number of alkyl halides is 1. The Morgan fingerprint density at radius 2 is 2.38 bits per heavy atom. The number of nitrogens with one attached hydrogen (secondary N) is 1. The highest BCUT2D eigenvalue weighted by atomic mass is 79.9. The smallest absolute Gasteiger partial charge is 0.121 e. The molecule has 2 aromatic heterocycles. The van der Waals surface area contributed by atoms with E-state index in [-0.39, 0.29) is 6.42 Å². The summed E-state index contributed by atoms with van der Waals surface area (Å²) in [6.07, 6.45) is 2.65. The van der Waals surface area contributed by atoms with Crippen molar-refractivity contribution in [2.45, 2.75) is 12.8 Å². The second kappa shape index (κ2) is 4.81. The number of aromatic nitrogens is 3. The van der Waals surface area contributed by atoms with Gasteiger partial charge in [0.25, 0.3) is 0 Å². The van der Waals surface area contributed by atoms with E-state index in [2.05, 4.69) is 37.0 Å². The van der Waals surface area contributed by atoms with E-state index in [4.69, 9.17) is 16.9 Å². The van der Waals surface area contributed by atoms with Crippen LogP contribution in [-0.4, -0.2) is 20.8 Å². The summed E-state index contributed by atoms with van der Waals surface area (Å²) in [5.41, 5.74) is 2.55. The van der Waals surface area contributed by atoms with Gasteiger partial charge in [-0.3, -0.25) is 4.98 Å². The lowest BCUT2D eigenvalue weighted by Crippen LogP contribution is -1.93. The molecule has 0 saturated carbocycles. The molecule has 0 spiro atoms. The predicted octanol–water partition coefficient (Wildman–Crippen LogP) is 2.57.